The lowest BCUT2D eigenvalue weighted by molar-refractivity contribution is 0.313. The monoisotopic (exact) mass is 200 g/mol. The third kappa shape index (κ3) is 2.31. The summed E-state index contributed by atoms with van der Waals surface area (Å²) in [6, 6.07) is 8.24. The van der Waals surface area contributed by atoms with Crippen molar-refractivity contribution in [2.75, 3.05) is 38.1 Å². The van der Waals surface area contributed by atoms with Crippen molar-refractivity contribution >= 4 is 5.69 Å². The van der Waals surface area contributed by atoms with Gasteiger partial charge >= 0.3 is 0 Å². The van der Waals surface area contributed by atoms with E-state index >= 15 is 0 Å². The van der Waals surface area contributed by atoms with Gasteiger partial charge in [0.05, 0.1) is 0 Å². The normalized spacial score (nSPS) is 17.5. The Hall–Kier alpha value is -1.46. The highest BCUT2D eigenvalue weighted by molar-refractivity contribution is 5.50. The van der Waals surface area contributed by atoms with E-state index in [4.69, 9.17) is 6.42 Å². The lowest BCUT2D eigenvalue weighted by atomic mass is 10.2. The summed E-state index contributed by atoms with van der Waals surface area (Å²) in [6.45, 7) is 4.48. The standard InChI is InChI=1S/C13H16N2/c1-3-12-4-6-13(7-5-12)15-10-8-14(2)9-11-15/h1,4-7H,8-11H2,2H3. The summed E-state index contributed by atoms with van der Waals surface area (Å²) in [5.74, 6) is 2.64. The van der Waals surface area contributed by atoms with Crippen LogP contribution in [0.15, 0.2) is 24.3 Å². The van der Waals surface area contributed by atoms with Crippen molar-refractivity contribution < 1.29 is 0 Å². The van der Waals surface area contributed by atoms with Gasteiger partial charge in [-0.3, -0.25) is 0 Å². The van der Waals surface area contributed by atoms with Gasteiger partial charge in [0, 0.05) is 37.4 Å². The van der Waals surface area contributed by atoms with Gasteiger partial charge in [-0.05, 0) is 31.3 Å². The summed E-state index contributed by atoms with van der Waals surface area (Å²) < 4.78 is 0. The number of terminal acetylenes is 1. The average molecular weight is 200 g/mol. The molecule has 1 aromatic rings. The van der Waals surface area contributed by atoms with E-state index in [-0.39, 0.29) is 0 Å². The van der Waals surface area contributed by atoms with Crippen molar-refractivity contribution in [1.82, 2.24) is 4.90 Å². The molecule has 0 aliphatic carbocycles. The fourth-order valence-electron chi connectivity index (χ4n) is 1.83. The third-order valence-corrected chi connectivity index (χ3v) is 2.90. The molecule has 1 aliphatic rings. The van der Waals surface area contributed by atoms with Crippen molar-refractivity contribution in [2.24, 2.45) is 0 Å². The quantitative estimate of drug-likeness (QED) is 0.633. The Kier molecular flexibility index (Phi) is 2.94. The van der Waals surface area contributed by atoms with Gasteiger partial charge in [0.25, 0.3) is 0 Å². The lowest BCUT2D eigenvalue weighted by Crippen LogP contribution is -2.44. The first kappa shape index (κ1) is 10.1. The molecule has 0 amide bonds. The number of nitrogens with zero attached hydrogens (tertiary/aromatic N) is 2. The maximum Gasteiger partial charge on any atom is 0.0367 e. The first-order valence-electron chi connectivity index (χ1n) is 5.30. The van der Waals surface area contributed by atoms with E-state index in [1.807, 2.05) is 12.1 Å². The molecule has 0 aromatic heterocycles. The van der Waals surface area contributed by atoms with Crippen LogP contribution in [0, 0.1) is 12.3 Å². The predicted molar refractivity (Wildman–Crippen MR) is 64.1 cm³/mol. The minimum absolute atomic E-state index is 0.952. The Morgan fingerprint density at radius 2 is 1.67 bits per heavy atom. The molecule has 15 heavy (non-hydrogen) atoms. The summed E-state index contributed by atoms with van der Waals surface area (Å²) in [6.07, 6.45) is 5.33. The molecular weight excluding hydrogens is 184 g/mol. The van der Waals surface area contributed by atoms with Crippen LogP contribution in [-0.2, 0) is 0 Å². The molecule has 0 spiro atoms. The van der Waals surface area contributed by atoms with Gasteiger partial charge in [-0.15, -0.1) is 6.42 Å². The highest BCUT2D eigenvalue weighted by Crippen LogP contribution is 2.16. The number of rotatable bonds is 1. The van der Waals surface area contributed by atoms with Crippen LogP contribution < -0.4 is 4.90 Å². The maximum atomic E-state index is 5.33. The molecule has 0 unspecified atom stereocenters. The molecule has 0 saturated carbocycles. The summed E-state index contributed by atoms with van der Waals surface area (Å²) in [7, 11) is 2.17. The zero-order valence-electron chi connectivity index (χ0n) is 9.11. The van der Waals surface area contributed by atoms with E-state index in [9.17, 15) is 0 Å². The first-order valence-corrected chi connectivity index (χ1v) is 5.30. The molecule has 1 aliphatic heterocycles. The molecule has 0 N–H and O–H groups in total. The Balaban J connectivity index is 2.07. The van der Waals surface area contributed by atoms with Gasteiger partial charge in [-0.1, -0.05) is 5.92 Å². The van der Waals surface area contributed by atoms with Crippen LogP contribution in [0.3, 0.4) is 0 Å². The van der Waals surface area contributed by atoms with Crippen LogP contribution in [0.2, 0.25) is 0 Å². The highest BCUT2D eigenvalue weighted by Gasteiger charge is 2.13. The summed E-state index contributed by atoms with van der Waals surface area (Å²) in [5.41, 5.74) is 2.23. The van der Waals surface area contributed by atoms with Crippen LogP contribution in [0.5, 0.6) is 0 Å². The summed E-state index contributed by atoms with van der Waals surface area (Å²) in [5, 5.41) is 0. The molecule has 78 valence electrons. The number of piperazine rings is 1. The first-order chi connectivity index (χ1) is 7.29. The molecule has 1 heterocycles. The third-order valence-electron chi connectivity index (χ3n) is 2.90. The highest BCUT2D eigenvalue weighted by atomic mass is 15.2. The van der Waals surface area contributed by atoms with E-state index in [2.05, 4.69) is 34.9 Å². The zero-order chi connectivity index (χ0) is 10.7. The Labute approximate surface area is 91.5 Å². The number of hydrogen-bond donors (Lipinski definition) is 0. The summed E-state index contributed by atoms with van der Waals surface area (Å²) in [4.78, 5) is 4.76. The minimum Gasteiger partial charge on any atom is -0.369 e. The second-order valence-corrected chi connectivity index (χ2v) is 3.98. The lowest BCUT2D eigenvalue weighted by Gasteiger charge is -2.34. The van der Waals surface area contributed by atoms with Gasteiger partial charge in [0.2, 0.25) is 0 Å². The van der Waals surface area contributed by atoms with Crippen molar-refractivity contribution in [3.63, 3.8) is 0 Å². The van der Waals surface area contributed by atoms with E-state index in [0.717, 1.165) is 31.7 Å². The van der Waals surface area contributed by atoms with Gasteiger partial charge in [0.1, 0.15) is 0 Å². The number of anilines is 1. The van der Waals surface area contributed by atoms with Gasteiger partial charge in [-0.2, -0.15) is 0 Å². The predicted octanol–water partition coefficient (Wildman–Crippen LogP) is 1.42. The van der Waals surface area contributed by atoms with Crippen molar-refractivity contribution in [1.29, 1.82) is 0 Å². The van der Waals surface area contributed by atoms with Gasteiger partial charge in [0.15, 0.2) is 0 Å². The van der Waals surface area contributed by atoms with E-state index in [1.54, 1.807) is 0 Å². The zero-order valence-corrected chi connectivity index (χ0v) is 9.11. The van der Waals surface area contributed by atoms with Crippen LogP contribution >= 0.6 is 0 Å². The van der Waals surface area contributed by atoms with Crippen LogP contribution in [-0.4, -0.2) is 38.1 Å². The van der Waals surface area contributed by atoms with E-state index in [1.165, 1.54) is 5.69 Å². The SMILES string of the molecule is C#Cc1ccc(N2CCN(C)CC2)cc1. The number of benzene rings is 1. The fraction of sp³-hybridized carbons (Fsp3) is 0.385. The average Bonchev–Trinajstić information content (AvgIpc) is 2.30. The molecule has 2 heteroatoms. The number of likely N-dealkylation sites (N-methyl/N-ethyl adjacent to an activating group) is 1. The Bertz CT molecular complexity index is 353. The minimum atomic E-state index is 0.952. The van der Waals surface area contributed by atoms with Crippen molar-refractivity contribution in [3.05, 3.63) is 29.8 Å². The largest absolute Gasteiger partial charge is 0.369 e. The van der Waals surface area contributed by atoms with Gasteiger partial charge in [-0.25, -0.2) is 0 Å². The molecule has 2 nitrogen and oxygen atoms in total. The molecule has 1 fully saturated rings. The van der Waals surface area contributed by atoms with Crippen molar-refractivity contribution in [2.45, 2.75) is 0 Å². The molecule has 0 radical (unpaired) electrons. The molecule has 1 saturated heterocycles. The van der Waals surface area contributed by atoms with E-state index in [0.29, 0.717) is 0 Å². The molecular formula is C13H16N2. The van der Waals surface area contributed by atoms with Crippen molar-refractivity contribution in [3.8, 4) is 12.3 Å². The number of hydrogen-bond acceptors (Lipinski definition) is 2. The fourth-order valence-corrected chi connectivity index (χ4v) is 1.83. The van der Waals surface area contributed by atoms with Crippen LogP contribution in [0.4, 0.5) is 5.69 Å². The van der Waals surface area contributed by atoms with Crippen LogP contribution in [0.1, 0.15) is 5.56 Å². The Morgan fingerprint density at radius 1 is 1.07 bits per heavy atom. The summed E-state index contributed by atoms with van der Waals surface area (Å²) >= 11 is 0. The molecule has 0 atom stereocenters. The maximum absolute atomic E-state index is 5.33. The molecule has 2 rings (SSSR count). The smallest absolute Gasteiger partial charge is 0.0367 e. The topological polar surface area (TPSA) is 6.48 Å². The van der Waals surface area contributed by atoms with E-state index < -0.39 is 0 Å². The second kappa shape index (κ2) is 4.37. The van der Waals surface area contributed by atoms with Gasteiger partial charge < -0.3 is 9.80 Å². The van der Waals surface area contributed by atoms with Crippen LogP contribution in [0.25, 0.3) is 0 Å². The Morgan fingerprint density at radius 3 is 2.20 bits per heavy atom. The molecule has 1 aromatic carbocycles. The molecule has 0 bridgehead atoms. The second-order valence-electron chi connectivity index (χ2n) is 3.98.